The van der Waals surface area contributed by atoms with Crippen molar-refractivity contribution in [3.63, 3.8) is 0 Å². The Kier molecular flexibility index (Phi) is 6.07. The summed E-state index contributed by atoms with van der Waals surface area (Å²) >= 11 is 5.85. The van der Waals surface area contributed by atoms with Gasteiger partial charge in [0, 0.05) is 20.1 Å². The first-order valence-corrected chi connectivity index (χ1v) is 6.39. The van der Waals surface area contributed by atoms with Crippen LogP contribution in [0.3, 0.4) is 0 Å². The highest BCUT2D eigenvalue weighted by Gasteiger charge is 2.09. The van der Waals surface area contributed by atoms with Gasteiger partial charge in [-0.1, -0.05) is 0 Å². The van der Waals surface area contributed by atoms with Crippen LogP contribution in [0.15, 0.2) is 0 Å². The molecule has 0 unspecified atom stereocenters. The fourth-order valence-corrected chi connectivity index (χ4v) is 1.43. The summed E-state index contributed by atoms with van der Waals surface area (Å²) < 4.78 is 5.48. The molecule has 0 saturated heterocycles. The maximum absolute atomic E-state index is 5.85. The number of nitrogens with one attached hydrogen (secondary N) is 1. The standard InChI is InChI=1S/C11H20ClN5O/c1-5-13-10-14-9(12)15-11(16-10)17(4)6-7-18-8(2)3/h8H,5-7H2,1-4H3,(H,13,14,15,16). The van der Waals surface area contributed by atoms with Crippen LogP contribution in [0, 0.1) is 0 Å². The summed E-state index contributed by atoms with van der Waals surface area (Å²) in [7, 11) is 1.89. The maximum Gasteiger partial charge on any atom is 0.231 e. The first kappa shape index (κ1) is 14.9. The van der Waals surface area contributed by atoms with Gasteiger partial charge in [0.05, 0.1) is 12.7 Å². The van der Waals surface area contributed by atoms with Gasteiger partial charge in [0.15, 0.2) is 0 Å². The minimum Gasteiger partial charge on any atom is -0.377 e. The van der Waals surface area contributed by atoms with E-state index in [0.717, 1.165) is 6.54 Å². The lowest BCUT2D eigenvalue weighted by Gasteiger charge is -2.18. The quantitative estimate of drug-likeness (QED) is 0.818. The molecule has 0 saturated carbocycles. The third-order valence-corrected chi connectivity index (χ3v) is 2.32. The highest BCUT2D eigenvalue weighted by atomic mass is 35.5. The Bertz CT molecular complexity index is 374. The smallest absolute Gasteiger partial charge is 0.231 e. The summed E-state index contributed by atoms with van der Waals surface area (Å²) in [6.45, 7) is 8.03. The van der Waals surface area contributed by atoms with E-state index in [2.05, 4.69) is 20.3 Å². The molecular formula is C11H20ClN5O. The van der Waals surface area contributed by atoms with Gasteiger partial charge < -0.3 is 15.0 Å². The summed E-state index contributed by atoms with van der Waals surface area (Å²) in [6, 6.07) is 0. The largest absolute Gasteiger partial charge is 0.377 e. The number of aromatic nitrogens is 3. The Balaban J connectivity index is 2.63. The lowest BCUT2D eigenvalue weighted by molar-refractivity contribution is 0.0844. The molecule has 102 valence electrons. The SMILES string of the molecule is CCNc1nc(Cl)nc(N(C)CCOC(C)C)n1. The normalized spacial score (nSPS) is 10.8. The third-order valence-electron chi connectivity index (χ3n) is 2.15. The van der Waals surface area contributed by atoms with Crippen molar-refractivity contribution in [1.29, 1.82) is 0 Å². The van der Waals surface area contributed by atoms with Crippen molar-refractivity contribution in [3.05, 3.63) is 5.28 Å². The summed E-state index contributed by atoms with van der Waals surface area (Å²) in [5.41, 5.74) is 0. The lowest BCUT2D eigenvalue weighted by atomic mass is 10.5. The molecule has 1 heterocycles. The van der Waals surface area contributed by atoms with E-state index >= 15 is 0 Å². The molecule has 0 fully saturated rings. The Labute approximate surface area is 113 Å². The number of rotatable bonds is 7. The molecule has 0 aliphatic heterocycles. The van der Waals surface area contributed by atoms with Crippen LogP contribution in [-0.2, 0) is 4.74 Å². The molecule has 1 aromatic heterocycles. The van der Waals surface area contributed by atoms with Gasteiger partial charge in [0.25, 0.3) is 0 Å². The van der Waals surface area contributed by atoms with Gasteiger partial charge in [-0.15, -0.1) is 0 Å². The van der Waals surface area contributed by atoms with Gasteiger partial charge in [-0.25, -0.2) is 0 Å². The fraction of sp³-hybridized carbons (Fsp3) is 0.727. The summed E-state index contributed by atoms with van der Waals surface area (Å²) in [5, 5.41) is 3.20. The van der Waals surface area contributed by atoms with E-state index in [9.17, 15) is 0 Å². The van der Waals surface area contributed by atoms with Gasteiger partial charge in [0.2, 0.25) is 17.2 Å². The summed E-state index contributed by atoms with van der Waals surface area (Å²) in [4.78, 5) is 14.2. The topological polar surface area (TPSA) is 63.2 Å². The Morgan fingerprint density at radius 1 is 1.33 bits per heavy atom. The van der Waals surface area contributed by atoms with Crippen molar-refractivity contribution in [2.45, 2.75) is 26.9 Å². The monoisotopic (exact) mass is 273 g/mol. The van der Waals surface area contributed by atoms with Crippen LogP contribution >= 0.6 is 11.6 Å². The van der Waals surface area contributed by atoms with Gasteiger partial charge >= 0.3 is 0 Å². The molecule has 0 amide bonds. The zero-order chi connectivity index (χ0) is 13.5. The van der Waals surface area contributed by atoms with Crippen LogP contribution in [0.1, 0.15) is 20.8 Å². The van der Waals surface area contributed by atoms with E-state index in [1.54, 1.807) is 0 Å². The number of likely N-dealkylation sites (N-methyl/N-ethyl adjacent to an activating group) is 1. The zero-order valence-electron chi connectivity index (χ0n) is 11.3. The molecule has 6 nitrogen and oxygen atoms in total. The van der Waals surface area contributed by atoms with Crippen molar-refractivity contribution in [2.75, 3.05) is 37.0 Å². The highest BCUT2D eigenvalue weighted by Crippen LogP contribution is 2.12. The molecule has 0 bridgehead atoms. The van der Waals surface area contributed by atoms with E-state index in [-0.39, 0.29) is 11.4 Å². The van der Waals surface area contributed by atoms with Crippen molar-refractivity contribution in [2.24, 2.45) is 0 Å². The Morgan fingerprint density at radius 3 is 2.67 bits per heavy atom. The van der Waals surface area contributed by atoms with Gasteiger partial charge in [0.1, 0.15) is 0 Å². The molecular weight excluding hydrogens is 254 g/mol. The molecule has 1 aromatic rings. The van der Waals surface area contributed by atoms with E-state index < -0.39 is 0 Å². The third kappa shape index (κ3) is 5.01. The number of halogens is 1. The van der Waals surface area contributed by atoms with Crippen molar-refractivity contribution in [1.82, 2.24) is 15.0 Å². The molecule has 0 aromatic carbocycles. The molecule has 0 spiro atoms. The van der Waals surface area contributed by atoms with Crippen LogP contribution in [0.2, 0.25) is 5.28 Å². The van der Waals surface area contributed by atoms with Crippen LogP contribution < -0.4 is 10.2 Å². The number of anilines is 2. The first-order chi connectivity index (χ1) is 8.52. The van der Waals surface area contributed by atoms with Crippen LogP contribution in [0.25, 0.3) is 0 Å². The molecule has 0 atom stereocenters. The number of ether oxygens (including phenoxy) is 1. The van der Waals surface area contributed by atoms with E-state index in [4.69, 9.17) is 16.3 Å². The second-order valence-electron chi connectivity index (χ2n) is 4.10. The minimum atomic E-state index is 0.188. The average molecular weight is 274 g/mol. The second-order valence-corrected chi connectivity index (χ2v) is 4.44. The lowest BCUT2D eigenvalue weighted by Crippen LogP contribution is -2.26. The van der Waals surface area contributed by atoms with Gasteiger partial charge in [-0.05, 0) is 32.4 Å². The Morgan fingerprint density at radius 2 is 2.06 bits per heavy atom. The van der Waals surface area contributed by atoms with Crippen LogP contribution in [0.4, 0.5) is 11.9 Å². The number of hydrogen-bond donors (Lipinski definition) is 1. The van der Waals surface area contributed by atoms with Crippen molar-refractivity contribution < 1.29 is 4.74 Å². The average Bonchev–Trinajstić information content (AvgIpc) is 2.28. The van der Waals surface area contributed by atoms with Crippen molar-refractivity contribution >= 4 is 23.5 Å². The summed E-state index contributed by atoms with van der Waals surface area (Å²) in [5.74, 6) is 1.03. The first-order valence-electron chi connectivity index (χ1n) is 6.01. The fourth-order valence-electron chi connectivity index (χ4n) is 1.27. The van der Waals surface area contributed by atoms with Crippen LogP contribution in [-0.4, -0.2) is 47.8 Å². The maximum atomic E-state index is 5.85. The van der Waals surface area contributed by atoms with E-state index in [1.807, 2.05) is 32.7 Å². The summed E-state index contributed by atoms with van der Waals surface area (Å²) in [6.07, 6.45) is 0.220. The number of hydrogen-bond acceptors (Lipinski definition) is 6. The number of nitrogens with zero attached hydrogens (tertiary/aromatic N) is 4. The second kappa shape index (κ2) is 7.33. The van der Waals surface area contributed by atoms with E-state index in [0.29, 0.717) is 25.0 Å². The molecule has 1 N–H and O–H groups in total. The van der Waals surface area contributed by atoms with Crippen LogP contribution in [0.5, 0.6) is 0 Å². The highest BCUT2D eigenvalue weighted by molar-refractivity contribution is 6.28. The molecule has 0 radical (unpaired) electrons. The molecule has 18 heavy (non-hydrogen) atoms. The van der Waals surface area contributed by atoms with Gasteiger partial charge in [-0.2, -0.15) is 15.0 Å². The predicted molar refractivity (Wildman–Crippen MR) is 73.4 cm³/mol. The molecule has 0 aliphatic carbocycles. The minimum absolute atomic E-state index is 0.188. The van der Waals surface area contributed by atoms with Crippen molar-refractivity contribution in [3.8, 4) is 0 Å². The molecule has 0 aliphatic rings. The zero-order valence-corrected chi connectivity index (χ0v) is 12.0. The van der Waals surface area contributed by atoms with E-state index in [1.165, 1.54) is 0 Å². The predicted octanol–water partition coefficient (Wildman–Crippen LogP) is 1.82. The van der Waals surface area contributed by atoms with Gasteiger partial charge in [-0.3, -0.25) is 0 Å². The molecule has 1 rings (SSSR count). The Hall–Kier alpha value is -1.14. The molecule has 7 heteroatoms.